The van der Waals surface area contributed by atoms with Gasteiger partial charge in [-0.1, -0.05) is 0 Å². The van der Waals surface area contributed by atoms with Crippen LogP contribution in [0.15, 0.2) is 59.5 Å². The van der Waals surface area contributed by atoms with E-state index in [1.54, 1.807) is 18.3 Å². The van der Waals surface area contributed by atoms with Crippen LogP contribution in [0.1, 0.15) is 16.4 Å². The van der Waals surface area contributed by atoms with Crippen LogP contribution in [-0.4, -0.2) is 15.5 Å². The molecule has 1 N–H and O–H groups in total. The number of nitrogens with one attached hydrogen (secondary N) is 1. The van der Waals surface area contributed by atoms with E-state index in [0.717, 1.165) is 11.5 Å². The predicted octanol–water partition coefficient (Wildman–Crippen LogP) is 3.03. The fourth-order valence-corrected chi connectivity index (χ4v) is 1.96. The highest BCUT2D eigenvalue weighted by atomic mass is 16.3. The summed E-state index contributed by atoms with van der Waals surface area (Å²) >= 11 is 0. The zero-order valence-corrected chi connectivity index (χ0v) is 10.9. The monoisotopic (exact) mass is 267 g/mol. The molecule has 0 unspecified atom stereocenters. The topological polar surface area (TPSA) is 60.1 Å². The third-order valence-corrected chi connectivity index (χ3v) is 2.97. The first-order chi connectivity index (χ1) is 9.74. The Hall–Kier alpha value is -2.82. The summed E-state index contributed by atoms with van der Waals surface area (Å²) in [6.07, 6.45) is 5.12. The maximum absolute atomic E-state index is 11.8. The van der Waals surface area contributed by atoms with E-state index >= 15 is 0 Å². The van der Waals surface area contributed by atoms with Crippen LogP contribution in [0.5, 0.6) is 0 Å². The SMILES string of the molecule is Cc1nccn1-c1ccc(NC(=O)c2ccco2)cc1. The Bertz CT molecular complexity index is 712. The first-order valence-corrected chi connectivity index (χ1v) is 6.19. The zero-order chi connectivity index (χ0) is 13.9. The molecule has 1 amide bonds. The van der Waals surface area contributed by atoms with Gasteiger partial charge < -0.3 is 14.3 Å². The van der Waals surface area contributed by atoms with Crippen LogP contribution in [0.3, 0.4) is 0 Å². The van der Waals surface area contributed by atoms with E-state index in [9.17, 15) is 4.79 Å². The number of furan rings is 1. The molecule has 0 spiro atoms. The summed E-state index contributed by atoms with van der Waals surface area (Å²) in [5.41, 5.74) is 1.71. The number of carbonyl (C=O) groups excluding carboxylic acids is 1. The fraction of sp³-hybridized carbons (Fsp3) is 0.0667. The Labute approximate surface area is 115 Å². The molecule has 0 atom stereocenters. The minimum absolute atomic E-state index is 0.262. The van der Waals surface area contributed by atoms with Crippen molar-refractivity contribution in [3.8, 4) is 5.69 Å². The summed E-state index contributed by atoms with van der Waals surface area (Å²) in [5, 5.41) is 2.77. The van der Waals surface area contributed by atoms with Crippen molar-refractivity contribution < 1.29 is 9.21 Å². The van der Waals surface area contributed by atoms with Crippen LogP contribution in [0.25, 0.3) is 5.69 Å². The van der Waals surface area contributed by atoms with Crippen LogP contribution in [0, 0.1) is 6.92 Å². The number of imidazole rings is 1. The minimum atomic E-state index is -0.262. The molecule has 0 bridgehead atoms. The lowest BCUT2D eigenvalue weighted by Gasteiger charge is -2.07. The second kappa shape index (κ2) is 5.05. The third-order valence-electron chi connectivity index (χ3n) is 2.97. The van der Waals surface area contributed by atoms with E-state index in [0.29, 0.717) is 11.4 Å². The molecule has 0 radical (unpaired) electrons. The summed E-state index contributed by atoms with van der Waals surface area (Å²) in [6, 6.07) is 10.8. The van der Waals surface area contributed by atoms with Crippen molar-refractivity contribution in [1.29, 1.82) is 0 Å². The van der Waals surface area contributed by atoms with E-state index in [2.05, 4.69) is 10.3 Å². The molecule has 2 heterocycles. The summed E-state index contributed by atoms with van der Waals surface area (Å²) in [5.74, 6) is 0.943. The molecule has 0 aliphatic rings. The van der Waals surface area contributed by atoms with Gasteiger partial charge in [-0.05, 0) is 43.3 Å². The number of benzene rings is 1. The molecule has 0 saturated carbocycles. The number of carbonyl (C=O) groups is 1. The molecule has 1 aromatic carbocycles. The molecular weight excluding hydrogens is 254 g/mol. The van der Waals surface area contributed by atoms with E-state index in [4.69, 9.17) is 4.42 Å². The first kappa shape index (κ1) is 12.2. The molecule has 20 heavy (non-hydrogen) atoms. The molecule has 100 valence electrons. The minimum Gasteiger partial charge on any atom is -0.459 e. The van der Waals surface area contributed by atoms with Gasteiger partial charge in [0.05, 0.1) is 6.26 Å². The number of hydrogen-bond donors (Lipinski definition) is 1. The van der Waals surface area contributed by atoms with Crippen LogP contribution in [0.4, 0.5) is 5.69 Å². The van der Waals surface area contributed by atoms with Gasteiger partial charge >= 0.3 is 0 Å². The first-order valence-electron chi connectivity index (χ1n) is 6.19. The highest BCUT2D eigenvalue weighted by Gasteiger charge is 2.08. The van der Waals surface area contributed by atoms with Crippen LogP contribution >= 0.6 is 0 Å². The number of aryl methyl sites for hydroxylation is 1. The Morgan fingerprint density at radius 3 is 2.65 bits per heavy atom. The number of hydrogen-bond acceptors (Lipinski definition) is 3. The van der Waals surface area contributed by atoms with Crippen molar-refractivity contribution in [3.05, 3.63) is 66.6 Å². The predicted molar refractivity (Wildman–Crippen MR) is 75.0 cm³/mol. The smallest absolute Gasteiger partial charge is 0.291 e. The van der Waals surface area contributed by atoms with E-state index in [-0.39, 0.29) is 5.91 Å². The number of amides is 1. The molecule has 0 aliphatic carbocycles. The highest BCUT2D eigenvalue weighted by molar-refractivity contribution is 6.02. The zero-order valence-electron chi connectivity index (χ0n) is 10.9. The molecule has 5 nitrogen and oxygen atoms in total. The Balaban J connectivity index is 1.77. The molecular formula is C15H13N3O2. The van der Waals surface area contributed by atoms with Gasteiger partial charge in [-0.15, -0.1) is 0 Å². The average Bonchev–Trinajstić information content (AvgIpc) is 3.11. The van der Waals surface area contributed by atoms with Gasteiger partial charge in [0, 0.05) is 23.8 Å². The van der Waals surface area contributed by atoms with Gasteiger partial charge in [0.25, 0.3) is 5.91 Å². The maximum Gasteiger partial charge on any atom is 0.291 e. The van der Waals surface area contributed by atoms with Crippen molar-refractivity contribution in [2.24, 2.45) is 0 Å². The van der Waals surface area contributed by atoms with Crippen molar-refractivity contribution >= 4 is 11.6 Å². The number of anilines is 1. The Kier molecular flexibility index (Phi) is 3.09. The van der Waals surface area contributed by atoms with E-state index < -0.39 is 0 Å². The van der Waals surface area contributed by atoms with Crippen molar-refractivity contribution in [2.45, 2.75) is 6.92 Å². The van der Waals surface area contributed by atoms with Crippen LogP contribution in [0.2, 0.25) is 0 Å². The van der Waals surface area contributed by atoms with Gasteiger partial charge in [0.1, 0.15) is 5.82 Å². The van der Waals surface area contributed by atoms with Crippen molar-refractivity contribution in [2.75, 3.05) is 5.32 Å². The molecule has 3 rings (SSSR count). The second-order valence-corrected chi connectivity index (χ2v) is 4.32. The molecule has 0 saturated heterocycles. The van der Waals surface area contributed by atoms with Gasteiger partial charge in [-0.3, -0.25) is 4.79 Å². The van der Waals surface area contributed by atoms with E-state index in [1.807, 2.05) is 42.0 Å². The summed E-state index contributed by atoms with van der Waals surface area (Å²) in [6.45, 7) is 1.94. The molecule has 2 aromatic heterocycles. The quantitative estimate of drug-likeness (QED) is 0.793. The Morgan fingerprint density at radius 2 is 2.05 bits per heavy atom. The van der Waals surface area contributed by atoms with Gasteiger partial charge in [0.15, 0.2) is 5.76 Å². The summed E-state index contributed by atoms with van der Waals surface area (Å²) in [7, 11) is 0. The Morgan fingerprint density at radius 1 is 1.25 bits per heavy atom. The lowest BCUT2D eigenvalue weighted by molar-refractivity contribution is 0.0996. The molecule has 0 fully saturated rings. The highest BCUT2D eigenvalue weighted by Crippen LogP contribution is 2.15. The largest absolute Gasteiger partial charge is 0.459 e. The maximum atomic E-state index is 11.8. The number of rotatable bonds is 3. The van der Waals surface area contributed by atoms with Crippen LogP contribution in [-0.2, 0) is 0 Å². The standard InChI is InChI=1S/C15H13N3O2/c1-11-16-8-9-18(11)13-6-4-12(5-7-13)17-15(19)14-3-2-10-20-14/h2-10H,1H3,(H,17,19). The van der Waals surface area contributed by atoms with Crippen molar-refractivity contribution in [3.63, 3.8) is 0 Å². The van der Waals surface area contributed by atoms with Gasteiger partial charge in [-0.25, -0.2) is 4.98 Å². The number of nitrogens with zero attached hydrogens (tertiary/aromatic N) is 2. The normalized spacial score (nSPS) is 10.4. The average molecular weight is 267 g/mol. The van der Waals surface area contributed by atoms with E-state index in [1.165, 1.54) is 6.26 Å². The molecule has 3 aromatic rings. The fourth-order valence-electron chi connectivity index (χ4n) is 1.96. The summed E-state index contributed by atoms with van der Waals surface area (Å²) in [4.78, 5) is 16.0. The number of aromatic nitrogens is 2. The lowest BCUT2D eigenvalue weighted by Crippen LogP contribution is -2.10. The summed E-state index contributed by atoms with van der Waals surface area (Å²) < 4.78 is 7.01. The molecule has 5 heteroatoms. The molecule has 0 aliphatic heterocycles. The van der Waals surface area contributed by atoms with Gasteiger partial charge in [-0.2, -0.15) is 0 Å². The lowest BCUT2D eigenvalue weighted by atomic mass is 10.2. The van der Waals surface area contributed by atoms with Crippen molar-refractivity contribution in [1.82, 2.24) is 9.55 Å². The van der Waals surface area contributed by atoms with Gasteiger partial charge in [0.2, 0.25) is 0 Å². The van der Waals surface area contributed by atoms with Crippen LogP contribution < -0.4 is 5.32 Å². The third kappa shape index (κ3) is 2.33. The second-order valence-electron chi connectivity index (χ2n) is 4.32.